The normalized spacial score (nSPS) is 15.3. The lowest BCUT2D eigenvalue weighted by molar-refractivity contribution is 0.0365. The number of carbonyl (C=O) groups is 1. The Bertz CT molecular complexity index is 971. The van der Waals surface area contributed by atoms with Crippen molar-refractivity contribution in [3.8, 4) is 0 Å². The molecule has 1 aromatic heterocycles. The van der Waals surface area contributed by atoms with Gasteiger partial charge in [-0.25, -0.2) is 0 Å². The van der Waals surface area contributed by atoms with Crippen LogP contribution in [0, 0.1) is 6.92 Å². The molecule has 5 nitrogen and oxygen atoms in total. The van der Waals surface area contributed by atoms with Gasteiger partial charge in [0.1, 0.15) is 0 Å². The number of morpholine rings is 1. The lowest BCUT2D eigenvalue weighted by Crippen LogP contribution is -2.38. The first-order valence-electron chi connectivity index (χ1n) is 9.43. The zero-order chi connectivity index (χ0) is 18.8. The van der Waals surface area contributed by atoms with Crippen LogP contribution in [0.25, 0.3) is 10.9 Å². The monoisotopic (exact) mass is 363 g/mol. The fraction of sp³-hybridized carbons (Fsp3) is 0.318. The molecule has 2 heterocycles. The van der Waals surface area contributed by atoms with E-state index in [2.05, 4.69) is 15.5 Å². The Morgan fingerprint density at radius 3 is 2.63 bits per heavy atom. The van der Waals surface area contributed by atoms with Crippen molar-refractivity contribution in [1.29, 1.82) is 0 Å². The van der Waals surface area contributed by atoms with Gasteiger partial charge in [0.15, 0.2) is 5.78 Å². The second kappa shape index (κ2) is 7.55. The van der Waals surface area contributed by atoms with Gasteiger partial charge in [-0.2, -0.15) is 0 Å². The number of aromatic nitrogens is 1. The molecule has 1 fully saturated rings. The molecule has 0 bridgehead atoms. The number of ether oxygens (including phenoxy) is 1. The van der Waals surface area contributed by atoms with E-state index < -0.39 is 0 Å². The summed E-state index contributed by atoms with van der Waals surface area (Å²) in [6, 6.07) is 15.4. The first kappa shape index (κ1) is 17.8. The molecule has 2 N–H and O–H groups in total. The molecule has 0 saturated carbocycles. The second-order valence-electron chi connectivity index (χ2n) is 7.04. The fourth-order valence-corrected chi connectivity index (χ4v) is 3.90. The van der Waals surface area contributed by atoms with E-state index in [9.17, 15) is 4.79 Å². The van der Waals surface area contributed by atoms with Gasteiger partial charge in [0.05, 0.1) is 18.8 Å². The highest BCUT2D eigenvalue weighted by Crippen LogP contribution is 2.28. The first-order chi connectivity index (χ1) is 13.1. The van der Waals surface area contributed by atoms with Gasteiger partial charge >= 0.3 is 0 Å². The molecular formula is C22H25N3O2. The summed E-state index contributed by atoms with van der Waals surface area (Å²) in [5.74, 6) is 0.0288. The predicted molar refractivity (Wildman–Crippen MR) is 108 cm³/mol. The van der Waals surface area contributed by atoms with E-state index in [4.69, 9.17) is 10.5 Å². The summed E-state index contributed by atoms with van der Waals surface area (Å²) in [7, 11) is 0. The molecule has 0 unspecified atom stereocenters. The maximum Gasteiger partial charge on any atom is 0.195 e. The second-order valence-corrected chi connectivity index (χ2v) is 7.04. The quantitative estimate of drug-likeness (QED) is 0.559. The molecule has 1 aliphatic heterocycles. The highest BCUT2D eigenvalue weighted by atomic mass is 16.5. The largest absolute Gasteiger partial charge is 0.399 e. The minimum absolute atomic E-state index is 0.0288. The van der Waals surface area contributed by atoms with E-state index in [1.807, 2.05) is 37.3 Å². The Morgan fingerprint density at radius 2 is 1.85 bits per heavy atom. The third-order valence-corrected chi connectivity index (χ3v) is 5.35. The number of carbonyl (C=O) groups excluding carboxylic acids is 1. The van der Waals surface area contributed by atoms with E-state index in [1.165, 1.54) is 0 Å². The van der Waals surface area contributed by atoms with Crippen molar-refractivity contribution in [2.75, 3.05) is 38.6 Å². The standard InChI is InChI=1S/C22H25N3O2/c1-16-21(22(26)17-5-4-6-18(23)15-17)19-7-2-3-8-20(19)25(16)10-9-24-11-13-27-14-12-24/h2-8,15H,9-14,23H2,1H3. The molecule has 0 radical (unpaired) electrons. The highest BCUT2D eigenvalue weighted by molar-refractivity contribution is 6.17. The van der Waals surface area contributed by atoms with Gasteiger partial charge in [-0.15, -0.1) is 0 Å². The number of hydrogen-bond acceptors (Lipinski definition) is 4. The van der Waals surface area contributed by atoms with Crippen molar-refractivity contribution in [3.05, 3.63) is 65.4 Å². The lowest BCUT2D eigenvalue weighted by Gasteiger charge is -2.27. The number of para-hydroxylation sites is 1. The van der Waals surface area contributed by atoms with E-state index in [0.29, 0.717) is 11.3 Å². The average Bonchev–Trinajstić information content (AvgIpc) is 2.98. The summed E-state index contributed by atoms with van der Waals surface area (Å²) in [6.45, 7) is 7.37. The number of hydrogen-bond donors (Lipinski definition) is 1. The van der Waals surface area contributed by atoms with Crippen LogP contribution in [0.3, 0.4) is 0 Å². The molecule has 140 valence electrons. The number of nitrogens with two attached hydrogens (primary N) is 1. The Hall–Kier alpha value is -2.63. The molecular weight excluding hydrogens is 338 g/mol. The van der Waals surface area contributed by atoms with Crippen LogP contribution in [0.5, 0.6) is 0 Å². The van der Waals surface area contributed by atoms with E-state index >= 15 is 0 Å². The summed E-state index contributed by atoms with van der Waals surface area (Å²) in [4.78, 5) is 15.7. The molecule has 3 aromatic rings. The Balaban J connectivity index is 1.71. The van der Waals surface area contributed by atoms with Gasteiger partial charge in [0.25, 0.3) is 0 Å². The van der Waals surface area contributed by atoms with Gasteiger partial charge in [-0.05, 0) is 25.1 Å². The van der Waals surface area contributed by atoms with Crippen LogP contribution in [-0.4, -0.2) is 48.1 Å². The van der Waals surface area contributed by atoms with Crippen LogP contribution in [0.4, 0.5) is 5.69 Å². The van der Waals surface area contributed by atoms with Crippen molar-refractivity contribution >= 4 is 22.4 Å². The van der Waals surface area contributed by atoms with Gasteiger partial charge in [-0.1, -0.05) is 30.3 Å². The summed E-state index contributed by atoms with van der Waals surface area (Å²) in [6.07, 6.45) is 0. The number of ketones is 1. The number of nitrogen functional groups attached to an aromatic ring is 1. The summed E-state index contributed by atoms with van der Waals surface area (Å²) in [5, 5.41) is 1.00. The molecule has 0 amide bonds. The Morgan fingerprint density at radius 1 is 1.07 bits per heavy atom. The zero-order valence-electron chi connectivity index (χ0n) is 15.6. The van der Waals surface area contributed by atoms with Crippen LogP contribution >= 0.6 is 0 Å². The summed E-state index contributed by atoms with van der Waals surface area (Å²) >= 11 is 0. The van der Waals surface area contributed by atoms with Crippen molar-refractivity contribution < 1.29 is 9.53 Å². The molecule has 1 aliphatic rings. The number of benzene rings is 2. The molecule has 2 aromatic carbocycles. The minimum atomic E-state index is 0.0288. The summed E-state index contributed by atoms with van der Waals surface area (Å²) in [5.41, 5.74) is 10.0. The van der Waals surface area contributed by atoms with E-state index in [1.54, 1.807) is 12.1 Å². The van der Waals surface area contributed by atoms with E-state index in [0.717, 1.165) is 61.6 Å². The molecule has 0 aliphatic carbocycles. The molecule has 0 atom stereocenters. The van der Waals surface area contributed by atoms with E-state index in [-0.39, 0.29) is 5.78 Å². The maximum atomic E-state index is 13.3. The fourth-order valence-electron chi connectivity index (χ4n) is 3.90. The Labute approximate surface area is 159 Å². The third-order valence-electron chi connectivity index (χ3n) is 5.35. The first-order valence-corrected chi connectivity index (χ1v) is 9.43. The van der Waals surface area contributed by atoms with Gasteiger partial charge in [-0.3, -0.25) is 9.69 Å². The molecule has 4 rings (SSSR count). The number of nitrogens with zero attached hydrogens (tertiary/aromatic N) is 2. The molecule has 0 spiro atoms. The third kappa shape index (κ3) is 3.48. The van der Waals surface area contributed by atoms with Crippen molar-refractivity contribution in [2.45, 2.75) is 13.5 Å². The number of rotatable bonds is 5. The van der Waals surface area contributed by atoms with Crippen LogP contribution in [0.1, 0.15) is 21.6 Å². The van der Waals surface area contributed by atoms with Crippen molar-refractivity contribution in [2.24, 2.45) is 0 Å². The smallest absolute Gasteiger partial charge is 0.195 e. The van der Waals surface area contributed by atoms with Crippen LogP contribution in [0.15, 0.2) is 48.5 Å². The molecule has 1 saturated heterocycles. The van der Waals surface area contributed by atoms with Crippen molar-refractivity contribution in [1.82, 2.24) is 9.47 Å². The minimum Gasteiger partial charge on any atom is -0.399 e. The SMILES string of the molecule is Cc1c(C(=O)c2cccc(N)c2)c2ccccc2n1CCN1CCOCC1. The van der Waals surface area contributed by atoms with Gasteiger partial charge in [0, 0.05) is 54.0 Å². The number of fused-ring (bicyclic) bond motifs is 1. The Kier molecular flexibility index (Phi) is 4.97. The van der Waals surface area contributed by atoms with Gasteiger partial charge in [0.2, 0.25) is 0 Å². The topological polar surface area (TPSA) is 60.5 Å². The highest BCUT2D eigenvalue weighted by Gasteiger charge is 2.21. The van der Waals surface area contributed by atoms with Gasteiger partial charge < -0.3 is 15.0 Å². The van der Waals surface area contributed by atoms with Crippen LogP contribution in [-0.2, 0) is 11.3 Å². The van der Waals surface area contributed by atoms with Crippen LogP contribution in [0.2, 0.25) is 0 Å². The number of anilines is 1. The zero-order valence-corrected chi connectivity index (χ0v) is 15.6. The van der Waals surface area contributed by atoms with Crippen molar-refractivity contribution in [3.63, 3.8) is 0 Å². The predicted octanol–water partition coefficient (Wildman–Crippen LogP) is 3.10. The van der Waals surface area contributed by atoms with Crippen LogP contribution < -0.4 is 5.73 Å². The lowest BCUT2D eigenvalue weighted by atomic mass is 10.00. The summed E-state index contributed by atoms with van der Waals surface area (Å²) < 4.78 is 7.70. The molecule has 5 heteroatoms. The maximum absolute atomic E-state index is 13.3. The molecule has 27 heavy (non-hydrogen) atoms. The average molecular weight is 363 g/mol.